The highest BCUT2D eigenvalue weighted by Gasteiger charge is 2.33. The van der Waals surface area contributed by atoms with Crippen molar-refractivity contribution in [2.75, 3.05) is 30.3 Å². The molecule has 9 heteroatoms. The van der Waals surface area contributed by atoms with Gasteiger partial charge in [0.1, 0.15) is 11.6 Å². The second kappa shape index (κ2) is 9.35. The maximum atomic E-state index is 14.5. The maximum Gasteiger partial charge on any atom is 0.256 e. The fourth-order valence-electron chi connectivity index (χ4n) is 3.44. The molecule has 1 aliphatic rings. The molecule has 1 saturated heterocycles. The average Bonchev–Trinajstić information content (AvgIpc) is 2.73. The van der Waals surface area contributed by atoms with Crippen LogP contribution >= 0.6 is 22.6 Å². The van der Waals surface area contributed by atoms with Gasteiger partial charge in [-0.2, -0.15) is 0 Å². The zero-order valence-corrected chi connectivity index (χ0v) is 18.8. The molecule has 4 rings (SSSR count). The molecule has 1 amide bonds. The third kappa shape index (κ3) is 4.82. The molecule has 1 fully saturated rings. The van der Waals surface area contributed by atoms with Crippen molar-refractivity contribution in [3.8, 4) is 0 Å². The highest BCUT2D eigenvalue weighted by atomic mass is 127. The number of halogens is 5. The second-order valence-electron chi connectivity index (χ2n) is 7.50. The van der Waals surface area contributed by atoms with Crippen molar-refractivity contribution in [2.45, 2.75) is 0 Å². The van der Waals surface area contributed by atoms with E-state index in [2.05, 4.69) is 10.6 Å². The van der Waals surface area contributed by atoms with Gasteiger partial charge in [-0.15, -0.1) is 0 Å². The van der Waals surface area contributed by atoms with Gasteiger partial charge in [-0.05, 0) is 77.2 Å². The Hall–Kier alpha value is -2.82. The lowest BCUT2D eigenvalue weighted by molar-refractivity contribution is 0.0522. The van der Waals surface area contributed by atoms with Crippen LogP contribution in [0.25, 0.3) is 0 Å². The van der Waals surface area contributed by atoms with Gasteiger partial charge in [-0.3, -0.25) is 4.79 Å². The van der Waals surface area contributed by atoms with Gasteiger partial charge >= 0.3 is 0 Å². The van der Waals surface area contributed by atoms with Gasteiger partial charge in [-0.1, -0.05) is 0 Å². The molecular weight excluding hydrogens is 537 g/mol. The smallest absolute Gasteiger partial charge is 0.256 e. The minimum absolute atomic E-state index is 0.0612. The Morgan fingerprint density at radius 2 is 1.69 bits per heavy atom. The number of nitrogens with zero attached hydrogens (tertiary/aromatic N) is 1. The summed E-state index contributed by atoms with van der Waals surface area (Å²) in [4.78, 5) is 14.5. The normalized spacial score (nSPS) is 13.6. The lowest BCUT2D eigenvalue weighted by Gasteiger charge is -2.39. The minimum atomic E-state index is -1.25. The summed E-state index contributed by atoms with van der Waals surface area (Å²) in [7, 11) is 0. The van der Waals surface area contributed by atoms with Crippen molar-refractivity contribution in [2.24, 2.45) is 5.92 Å². The SMILES string of the molecule is O=C(c1ccc(F)c(F)c1Nc1ccc(I)cc1F)N1CC(CNc2ccc(F)cc2)C1. The van der Waals surface area contributed by atoms with Crippen LogP contribution in [0.15, 0.2) is 54.6 Å². The number of nitrogens with one attached hydrogen (secondary N) is 2. The molecule has 0 aliphatic carbocycles. The summed E-state index contributed by atoms with van der Waals surface area (Å²) in [5.41, 5.74) is 0.228. The van der Waals surface area contributed by atoms with Gasteiger partial charge in [0.05, 0.1) is 16.9 Å². The standard InChI is InChI=1S/C23H18F4IN3O/c24-14-1-4-16(5-2-14)29-10-13-11-31(12-13)23(32)17-6-7-18(25)21(27)22(17)30-20-8-3-15(28)9-19(20)26/h1-9,13,29-30H,10-12H2. The van der Waals surface area contributed by atoms with E-state index in [1.165, 1.54) is 35.2 Å². The Morgan fingerprint density at radius 1 is 0.969 bits per heavy atom. The Bertz CT molecular complexity index is 1150. The van der Waals surface area contributed by atoms with Crippen LogP contribution in [0.4, 0.5) is 34.6 Å². The molecule has 166 valence electrons. The summed E-state index contributed by atoms with van der Waals surface area (Å²) < 4.78 is 56.3. The number of carbonyl (C=O) groups excluding carboxylic acids is 1. The first-order valence-corrected chi connectivity index (χ1v) is 10.9. The third-order valence-corrected chi connectivity index (χ3v) is 5.87. The number of anilines is 3. The number of hydrogen-bond acceptors (Lipinski definition) is 3. The van der Waals surface area contributed by atoms with Gasteiger partial charge < -0.3 is 15.5 Å². The van der Waals surface area contributed by atoms with Crippen LogP contribution in [0.3, 0.4) is 0 Å². The fourth-order valence-corrected chi connectivity index (χ4v) is 3.89. The first kappa shape index (κ1) is 22.4. The summed E-state index contributed by atoms with van der Waals surface area (Å²) in [6.07, 6.45) is 0. The monoisotopic (exact) mass is 555 g/mol. The van der Waals surface area contributed by atoms with Crippen LogP contribution < -0.4 is 10.6 Å². The molecule has 0 radical (unpaired) electrons. The van der Waals surface area contributed by atoms with Crippen molar-refractivity contribution >= 4 is 45.6 Å². The van der Waals surface area contributed by atoms with Crippen LogP contribution in [-0.4, -0.2) is 30.4 Å². The largest absolute Gasteiger partial charge is 0.385 e. The zero-order valence-electron chi connectivity index (χ0n) is 16.6. The van der Waals surface area contributed by atoms with E-state index in [4.69, 9.17) is 0 Å². The molecule has 4 nitrogen and oxygen atoms in total. The second-order valence-corrected chi connectivity index (χ2v) is 8.74. The van der Waals surface area contributed by atoms with E-state index in [0.717, 1.165) is 11.8 Å². The van der Waals surface area contributed by atoms with Crippen LogP contribution in [0.1, 0.15) is 10.4 Å². The van der Waals surface area contributed by atoms with E-state index >= 15 is 0 Å². The zero-order chi connectivity index (χ0) is 22.8. The predicted octanol–water partition coefficient (Wildman–Crippen LogP) is 5.78. The van der Waals surface area contributed by atoms with Crippen molar-refractivity contribution in [3.63, 3.8) is 0 Å². The lowest BCUT2D eigenvalue weighted by Crippen LogP contribution is -2.52. The van der Waals surface area contributed by atoms with E-state index < -0.39 is 29.0 Å². The molecule has 3 aromatic carbocycles. The Labute approximate surface area is 195 Å². The predicted molar refractivity (Wildman–Crippen MR) is 123 cm³/mol. The summed E-state index contributed by atoms with van der Waals surface area (Å²) in [6.45, 7) is 1.42. The van der Waals surface area contributed by atoms with E-state index in [1.54, 1.807) is 18.2 Å². The summed E-state index contributed by atoms with van der Waals surface area (Å²) in [6, 6.07) is 12.3. The van der Waals surface area contributed by atoms with E-state index in [-0.39, 0.29) is 23.0 Å². The molecule has 1 aliphatic heterocycles. The van der Waals surface area contributed by atoms with Crippen molar-refractivity contribution in [1.82, 2.24) is 4.90 Å². The van der Waals surface area contributed by atoms with Crippen molar-refractivity contribution < 1.29 is 22.4 Å². The first-order valence-electron chi connectivity index (χ1n) is 9.80. The van der Waals surface area contributed by atoms with Crippen molar-refractivity contribution in [1.29, 1.82) is 0 Å². The molecule has 0 atom stereocenters. The number of amides is 1. The van der Waals surface area contributed by atoms with Crippen molar-refractivity contribution in [3.05, 3.63) is 87.0 Å². The Balaban J connectivity index is 1.45. The van der Waals surface area contributed by atoms with E-state index in [1.807, 2.05) is 22.6 Å². The number of likely N-dealkylation sites (tertiary alicyclic amines) is 1. The molecule has 3 aromatic rings. The van der Waals surface area contributed by atoms with Gasteiger partial charge in [0.15, 0.2) is 11.6 Å². The summed E-state index contributed by atoms with van der Waals surface area (Å²) >= 11 is 1.93. The quantitative estimate of drug-likeness (QED) is 0.300. The molecule has 1 heterocycles. The van der Waals surface area contributed by atoms with Crippen LogP contribution in [-0.2, 0) is 0 Å². The molecule has 0 bridgehead atoms. The third-order valence-electron chi connectivity index (χ3n) is 5.20. The van der Waals surface area contributed by atoms with E-state index in [0.29, 0.717) is 23.2 Å². The topological polar surface area (TPSA) is 44.4 Å². The molecule has 0 spiro atoms. The van der Waals surface area contributed by atoms with Crippen LogP contribution in [0.2, 0.25) is 0 Å². The maximum absolute atomic E-state index is 14.5. The molecule has 0 unspecified atom stereocenters. The van der Waals surface area contributed by atoms with Crippen LogP contribution in [0, 0.1) is 32.8 Å². The van der Waals surface area contributed by atoms with Gasteiger partial charge in [0.25, 0.3) is 5.91 Å². The minimum Gasteiger partial charge on any atom is -0.385 e. The average molecular weight is 555 g/mol. The number of carbonyl (C=O) groups is 1. The Kier molecular flexibility index (Phi) is 6.54. The van der Waals surface area contributed by atoms with Gasteiger partial charge in [0, 0.05) is 34.8 Å². The highest BCUT2D eigenvalue weighted by molar-refractivity contribution is 14.1. The van der Waals surface area contributed by atoms with Gasteiger partial charge in [-0.25, -0.2) is 17.6 Å². The van der Waals surface area contributed by atoms with Crippen LogP contribution in [0.5, 0.6) is 0 Å². The number of benzene rings is 3. The summed E-state index contributed by atoms with van der Waals surface area (Å²) in [5.74, 6) is -3.68. The number of rotatable bonds is 6. The van der Waals surface area contributed by atoms with Gasteiger partial charge in [0.2, 0.25) is 0 Å². The molecular formula is C23H18F4IN3O. The highest BCUT2D eigenvalue weighted by Crippen LogP contribution is 2.31. The fraction of sp³-hybridized carbons (Fsp3) is 0.174. The molecule has 2 N–H and O–H groups in total. The summed E-state index contributed by atoms with van der Waals surface area (Å²) in [5, 5.41) is 5.72. The Morgan fingerprint density at radius 3 is 2.38 bits per heavy atom. The first-order chi connectivity index (χ1) is 15.3. The molecule has 0 saturated carbocycles. The lowest BCUT2D eigenvalue weighted by atomic mass is 9.98. The van der Waals surface area contributed by atoms with E-state index in [9.17, 15) is 22.4 Å². The molecule has 0 aromatic heterocycles. The number of hydrogen-bond donors (Lipinski definition) is 2. The molecule has 32 heavy (non-hydrogen) atoms.